The zero-order valence-electron chi connectivity index (χ0n) is 20.4. The van der Waals surface area contributed by atoms with Crippen molar-refractivity contribution in [3.63, 3.8) is 0 Å². The van der Waals surface area contributed by atoms with E-state index in [2.05, 4.69) is 10.4 Å². The molecule has 0 fully saturated rings. The van der Waals surface area contributed by atoms with Crippen molar-refractivity contribution in [1.29, 1.82) is 0 Å². The van der Waals surface area contributed by atoms with E-state index >= 15 is 0 Å². The summed E-state index contributed by atoms with van der Waals surface area (Å²) in [6.07, 6.45) is 3.32. The highest BCUT2D eigenvalue weighted by atomic mass is 35.5. The molecule has 1 atom stereocenters. The van der Waals surface area contributed by atoms with E-state index in [9.17, 15) is 14.0 Å². The minimum Gasteiger partial charge on any atom is -0.486 e. The number of aromatic nitrogens is 2. The van der Waals surface area contributed by atoms with Crippen LogP contribution in [0.1, 0.15) is 33.4 Å². The molecule has 4 aromatic rings. The van der Waals surface area contributed by atoms with E-state index in [0.717, 1.165) is 16.0 Å². The molecule has 1 aliphatic rings. The van der Waals surface area contributed by atoms with Crippen LogP contribution >= 0.6 is 34.5 Å². The predicted molar refractivity (Wildman–Crippen MR) is 148 cm³/mol. The number of hydrogen-bond acceptors (Lipinski definition) is 5. The van der Waals surface area contributed by atoms with E-state index in [1.807, 2.05) is 24.3 Å². The second kappa shape index (κ2) is 10.7. The number of ether oxygens (including phenoxy) is 1. The van der Waals surface area contributed by atoms with Crippen LogP contribution in [0.4, 0.5) is 4.39 Å². The number of halogens is 3. The van der Waals surface area contributed by atoms with Gasteiger partial charge in [0.25, 0.3) is 0 Å². The summed E-state index contributed by atoms with van der Waals surface area (Å²) in [5.41, 5.74) is 3.72. The molecule has 10 heteroatoms. The molecule has 5 rings (SSSR count). The lowest BCUT2D eigenvalue weighted by molar-refractivity contribution is -0.116. The second-order valence-corrected chi connectivity index (χ2v) is 10.7. The van der Waals surface area contributed by atoms with Crippen molar-refractivity contribution in [2.45, 2.75) is 26.4 Å². The maximum atomic E-state index is 13.2. The van der Waals surface area contributed by atoms with Gasteiger partial charge >= 0.3 is 0 Å². The van der Waals surface area contributed by atoms with Crippen molar-refractivity contribution in [3.05, 3.63) is 92.3 Å². The Bertz CT molecular complexity index is 1580. The Hall–Kier alpha value is -3.46. The lowest BCUT2D eigenvalue weighted by Gasteiger charge is -2.11. The Balaban J connectivity index is 1.22. The first-order valence-corrected chi connectivity index (χ1v) is 13.3. The summed E-state index contributed by atoms with van der Waals surface area (Å²) in [7, 11) is 0. The third-order valence-electron chi connectivity index (χ3n) is 6.11. The van der Waals surface area contributed by atoms with Gasteiger partial charge in [0.1, 0.15) is 22.8 Å². The monoisotopic (exact) mass is 569 g/mol. The van der Waals surface area contributed by atoms with Crippen LogP contribution in [0.3, 0.4) is 0 Å². The Morgan fingerprint density at radius 2 is 1.97 bits per heavy atom. The van der Waals surface area contributed by atoms with Gasteiger partial charge in [0.15, 0.2) is 5.78 Å². The molecule has 0 radical (unpaired) electrons. The first-order chi connectivity index (χ1) is 18.2. The van der Waals surface area contributed by atoms with Gasteiger partial charge in [-0.3, -0.25) is 9.59 Å². The maximum absolute atomic E-state index is 13.2. The molecule has 6 nitrogen and oxygen atoms in total. The third-order valence-corrected chi connectivity index (χ3v) is 7.99. The van der Waals surface area contributed by atoms with Gasteiger partial charge in [-0.2, -0.15) is 5.10 Å². The molecule has 2 aromatic carbocycles. The lowest BCUT2D eigenvalue weighted by Crippen LogP contribution is -2.33. The number of ketones is 1. The van der Waals surface area contributed by atoms with Crippen molar-refractivity contribution in [2.75, 3.05) is 6.54 Å². The van der Waals surface area contributed by atoms with Gasteiger partial charge in [-0.15, -0.1) is 11.3 Å². The third kappa shape index (κ3) is 5.38. The number of benzene rings is 2. The highest BCUT2D eigenvalue weighted by molar-refractivity contribution is 7.17. The van der Waals surface area contributed by atoms with Gasteiger partial charge in [0, 0.05) is 28.5 Å². The summed E-state index contributed by atoms with van der Waals surface area (Å²) >= 11 is 14.4. The number of rotatable bonds is 7. The molecule has 0 saturated heterocycles. The Kier molecular flexibility index (Phi) is 7.38. The molecule has 1 unspecified atom stereocenters. The van der Waals surface area contributed by atoms with Crippen LogP contribution in [0.25, 0.3) is 22.2 Å². The summed E-state index contributed by atoms with van der Waals surface area (Å²) < 4.78 is 20.7. The first-order valence-electron chi connectivity index (χ1n) is 11.8. The molecule has 3 heterocycles. The minimum absolute atomic E-state index is 0.0286. The van der Waals surface area contributed by atoms with Crippen molar-refractivity contribution in [2.24, 2.45) is 0 Å². The number of carbonyl (C=O) groups is 2. The SMILES string of the molecule is CC(=O)c1ccc(-c2cc(Cl)c3c(c2)CC(CNC(=O)/C=C/c2c(C)nn(-c4ccc(F)cc4)c2Cl)O3)s1. The number of nitrogens with zero attached hydrogens (tertiary/aromatic N) is 2. The van der Waals surface area contributed by atoms with Crippen molar-refractivity contribution in [3.8, 4) is 21.9 Å². The van der Waals surface area contributed by atoms with Crippen LogP contribution in [-0.2, 0) is 11.2 Å². The largest absolute Gasteiger partial charge is 0.486 e. The first kappa shape index (κ1) is 26.2. The van der Waals surface area contributed by atoms with Crippen molar-refractivity contribution < 1.29 is 18.7 Å². The van der Waals surface area contributed by atoms with Crippen LogP contribution in [0.5, 0.6) is 5.75 Å². The number of fused-ring (bicyclic) bond motifs is 1. The van der Waals surface area contributed by atoms with Gasteiger partial charge in [-0.05, 0) is 74.0 Å². The summed E-state index contributed by atoms with van der Waals surface area (Å²) in [6, 6.07) is 13.4. The molecule has 0 saturated carbocycles. The molecular weight excluding hydrogens is 548 g/mol. The number of Topliss-reactive ketones (excluding diaryl/α,β-unsaturated/α-hetero) is 1. The smallest absolute Gasteiger partial charge is 0.244 e. The van der Waals surface area contributed by atoms with Crippen LogP contribution in [0.15, 0.2) is 54.6 Å². The average molecular weight is 570 g/mol. The second-order valence-electron chi connectivity index (χ2n) is 8.87. The average Bonchev–Trinajstić information content (AvgIpc) is 3.60. The quantitative estimate of drug-likeness (QED) is 0.199. The van der Waals surface area contributed by atoms with E-state index in [0.29, 0.717) is 50.7 Å². The maximum Gasteiger partial charge on any atom is 0.244 e. The normalized spacial score (nSPS) is 14.5. The molecular formula is C28H22Cl2FN3O3S. The van der Waals surface area contributed by atoms with Crippen LogP contribution in [0, 0.1) is 12.7 Å². The number of carbonyl (C=O) groups excluding carboxylic acids is 2. The van der Waals surface area contributed by atoms with Gasteiger partial charge in [0.05, 0.1) is 27.8 Å². The summed E-state index contributed by atoms with van der Waals surface area (Å²) in [5.74, 6) is -0.0185. The number of aryl methyl sites for hydroxylation is 1. The van der Waals surface area contributed by atoms with E-state index in [-0.39, 0.29) is 23.6 Å². The van der Waals surface area contributed by atoms with Gasteiger partial charge < -0.3 is 10.1 Å². The fourth-order valence-electron chi connectivity index (χ4n) is 4.21. The number of amides is 1. The summed E-state index contributed by atoms with van der Waals surface area (Å²) in [4.78, 5) is 25.8. The molecule has 1 amide bonds. The van der Waals surface area contributed by atoms with Gasteiger partial charge in [-0.1, -0.05) is 23.2 Å². The van der Waals surface area contributed by atoms with E-state index in [1.165, 1.54) is 34.2 Å². The fraction of sp³-hybridized carbons (Fsp3) is 0.179. The summed E-state index contributed by atoms with van der Waals surface area (Å²) in [6.45, 7) is 3.62. The molecule has 0 spiro atoms. The molecule has 38 heavy (non-hydrogen) atoms. The number of hydrogen-bond donors (Lipinski definition) is 1. The molecule has 1 aliphatic heterocycles. The van der Waals surface area contributed by atoms with E-state index in [1.54, 1.807) is 32.1 Å². The standard InChI is InChI=1S/C28H22Cl2FN3O3S/c1-15-22(28(30)34(33-15)20-5-3-19(31)4-6-20)7-10-26(36)32-14-21-12-18-11-17(13-23(29)27(18)37-21)25-9-8-24(38-25)16(2)35/h3-11,13,21H,12,14H2,1-2H3,(H,32,36)/b10-7+. The topological polar surface area (TPSA) is 73.2 Å². The van der Waals surface area contributed by atoms with Crippen LogP contribution in [0.2, 0.25) is 10.2 Å². The highest BCUT2D eigenvalue weighted by Gasteiger charge is 2.26. The number of thiophene rings is 1. The van der Waals surface area contributed by atoms with Crippen molar-refractivity contribution in [1.82, 2.24) is 15.1 Å². The van der Waals surface area contributed by atoms with Crippen LogP contribution in [-0.4, -0.2) is 34.1 Å². The molecule has 2 aromatic heterocycles. The molecule has 0 aliphatic carbocycles. The Morgan fingerprint density at radius 3 is 2.68 bits per heavy atom. The van der Waals surface area contributed by atoms with Crippen LogP contribution < -0.4 is 10.1 Å². The minimum atomic E-state index is -0.353. The number of nitrogens with one attached hydrogen (secondary N) is 1. The highest BCUT2D eigenvalue weighted by Crippen LogP contribution is 2.41. The molecule has 1 N–H and O–H groups in total. The van der Waals surface area contributed by atoms with E-state index < -0.39 is 0 Å². The van der Waals surface area contributed by atoms with Gasteiger partial charge in [-0.25, -0.2) is 9.07 Å². The predicted octanol–water partition coefficient (Wildman–Crippen LogP) is 6.69. The zero-order chi connectivity index (χ0) is 27.0. The zero-order valence-corrected chi connectivity index (χ0v) is 22.8. The Labute approximate surface area is 232 Å². The lowest BCUT2D eigenvalue weighted by atomic mass is 10.1. The molecule has 0 bridgehead atoms. The summed E-state index contributed by atoms with van der Waals surface area (Å²) in [5, 5.41) is 8.06. The van der Waals surface area contributed by atoms with Crippen molar-refractivity contribution >= 4 is 52.3 Å². The Morgan fingerprint density at radius 1 is 1.21 bits per heavy atom. The van der Waals surface area contributed by atoms with E-state index in [4.69, 9.17) is 27.9 Å². The van der Waals surface area contributed by atoms with Gasteiger partial charge in [0.2, 0.25) is 5.91 Å². The molecule has 194 valence electrons. The fourth-order valence-corrected chi connectivity index (χ4v) is 5.72.